The summed E-state index contributed by atoms with van der Waals surface area (Å²) < 4.78 is 1.84. The normalized spacial score (nSPS) is 11.7. The Bertz CT molecular complexity index is 300. The van der Waals surface area contributed by atoms with E-state index in [1.807, 2.05) is 17.9 Å². The fourth-order valence-corrected chi connectivity index (χ4v) is 1.35. The Kier molecular flexibility index (Phi) is 5.12. The molecule has 0 amide bonds. The molecule has 1 aromatic heterocycles. The lowest BCUT2D eigenvalue weighted by molar-refractivity contribution is 0.594. The molecule has 0 atom stereocenters. The summed E-state index contributed by atoms with van der Waals surface area (Å²) in [5.74, 6) is 0. The lowest BCUT2D eigenvalue weighted by atomic mass is 10.2. The van der Waals surface area contributed by atoms with Crippen LogP contribution in [0.3, 0.4) is 0 Å². The average Bonchev–Trinajstić information content (AvgIpc) is 2.57. The van der Waals surface area contributed by atoms with Crippen molar-refractivity contribution in [1.82, 2.24) is 15.1 Å². The molecule has 84 valence electrons. The minimum absolute atomic E-state index is 0.578. The molecule has 3 nitrogen and oxygen atoms in total. The zero-order chi connectivity index (χ0) is 11.1. The Morgan fingerprint density at radius 1 is 1.47 bits per heavy atom. The number of rotatable bonds is 6. The second-order valence-corrected chi connectivity index (χ2v) is 4.05. The summed E-state index contributed by atoms with van der Waals surface area (Å²) in [4.78, 5) is 0. The summed E-state index contributed by atoms with van der Waals surface area (Å²) in [6.45, 7) is 5.38. The number of nitrogens with zero attached hydrogens (tertiary/aromatic N) is 2. The summed E-state index contributed by atoms with van der Waals surface area (Å²) in [5.41, 5.74) is 1.13. The molecule has 0 fully saturated rings. The molecule has 1 rings (SSSR count). The Morgan fingerprint density at radius 3 is 2.87 bits per heavy atom. The van der Waals surface area contributed by atoms with Gasteiger partial charge in [0.15, 0.2) is 0 Å². The van der Waals surface area contributed by atoms with Crippen molar-refractivity contribution in [2.75, 3.05) is 6.54 Å². The summed E-state index contributed by atoms with van der Waals surface area (Å²) in [6, 6.07) is 2.63. The minimum Gasteiger partial charge on any atom is -0.314 e. The molecule has 0 aliphatic heterocycles. The predicted molar refractivity (Wildman–Crippen MR) is 63.8 cm³/mol. The Hall–Kier alpha value is -1.09. The molecular formula is C12H21N3. The topological polar surface area (TPSA) is 29.9 Å². The SMILES string of the molecule is CC(C)NCC/C=C/Cc1ccn(C)n1. The molecule has 0 aromatic carbocycles. The van der Waals surface area contributed by atoms with Gasteiger partial charge in [0.1, 0.15) is 0 Å². The molecule has 0 saturated heterocycles. The molecule has 0 saturated carbocycles. The quantitative estimate of drug-likeness (QED) is 0.570. The molecule has 15 heavy (non-hydrogen) atoms. The Morgan fingerprint density at radius 2 is 2.27 bits per heavy atom. The zero-order valence-electron chi connectivity index (χ0n) is 9.90. The lowest BCUT2D eigenvalue weighted by Crippen LogP contribution is -2.23. The number of hydrogen-bond acceptors (Lipinski definition) is 2. The predicted octanol–water partition coefficient (Wildman–Crippen LogP) is 1.91. The largest absolute Gasteiger partial charge is 0.314 e. The highest BCUT2D eigenvalue weighted by molar-refractivity contribution is 5.04. The van der Waals surface area contributed by atoms with E-state index < -0.39 is 0 Å². The van der Waals surface area contributed by atoms with E-state index in [0.717, 1.165) is 25.1 Å². The Balaban J connectivity index is 2.12. The number of nitrogens with one attached hydrogen (secondary N) is 1. The standard InChI is InChI=1S/C12H21N3/c1-11(2)13-9-6-4-5-7-12-8-10-15(3)14-12/h4-5,8,10-11,13H,6-7,9H2,1-3H3/b5-4+. The zero-order valence-corrected chi connectivity index (χ0v) is 9.90. The summed E-state index contributed by atoms with van der Waals surface area (Å²) in [7, 11) is 1.94. The third kappa shape index (κ3) is 5.37. The third-order valence-corrected chi connectivity index (χ3v) is 2.13. The van der Waals surface area contributed by atoms with Crippen LogP contribution in [-0.2, 0) is 13.5 Å². The molecule has 0 radical (unpaired) electrons. The van der Waals surface area contributed by atoms with Crippen molar-refractivity contribution in [1.29, 1.82) is 0 Å². The highest BCUT2D eigenvalue weighted by Crippen LogP contribution is 1.96. The minimum atomic E-state index is 0.578. The van der Waals surface area contributed by atoms with Gasteiger partial charge in [0, 0.05) is 25.7 Å². The van der Waals surface area contributed by atoms with E-state index in [1.165, 1.54) is 0 Å². The van der Waals surface area contributed by atoms with Gasteiger partial charge in [0.25, 0.3) is 0 Å². The third-order valence-electron chi connectivity index (χ3n) is 2.13. The van der Waals surface area contributed by atoms with Gasteiger partial charge in [-0.2, -0.15) is 5.10 Å². The molecular weight excluding hydrogens is 186 g/mol. The molecule has 3 heteroatoms. The molecule has 0 aliphatic rings. The number of aryl methyl sites for hydroxylation is 1. The van der Waals surface area contributed by atoms with Crippen molar-refractivity contribution in [3.8, 4) is 0 Å². The summed E-state index contributed by atoms with van der Waals surface area (Å²) in [5, 5.41) is 7.68. The fraction of sp³-hybridized carbons (Fsp3) is 0.583. The Labute approximate surface area is 92.2 Å². The van der Waals surface area contributed by atoms with Gasteiger partial charge >= 0.3 is 0 Å². The van der Waals surface area contributed by atoms with Crippen molar-refractivity contribution in [2.24, 2.45) is 7.05 Å². The molecule has 0 unspecified atom stereocenters. The van der Waals surface area contributed by atoms with Gasteiger partial charge in [-0.05, 0) is 19.0 Å². The first-order valence-corrected chi connectivity index (χ1v) is 5.55. The first kappa shape index (κ1) is 12.0. The van der Waals surface area contributed by atoms with E-state index in [1.54, 1.807) is 0 Å². The van der Waals surface area contributed by atoms with Crippen molar-refractivity contribution in [2.45, 2.75) is 32.7 Å². The van der Waals surface area contributed by atoms with Crippen LogP contribution in [0.2, 0.25) is 0 Å². The van der Waals surface area contributed by atoms with Crippen molar-refractivity contribution in [3.05, 3.63) is 30.1 Å². The average molecular weight is 207 g/mol. The lowest BCUT2D eigenvalue weighted by Gasteiger charge is -2.04. The maximum atomic E-state index is 4.31. The highest BCUT2D eigenvalue weighted by Gasteiger charge is 1.92. The van der Waals surface area contributed by atoms with Crippen LogP contribution in [0.25, 0.3) is 0 Å². The van der Waals surface area contributed by atoms with E-state index in [-0.39, 0.29) is 0 Å². The van der Waals surface area contributed by atoms with Gasteiger partial charge in [-0.1, -0.05) is 26.0 Å². The van der Waals surface area contributed by atoms with Crippen LogP contribution in [-0.4, -0.2) is 22.4 Å². The molecule has 1 N–H and O–H groups in total. The van der Waals surface area contributed by atoms with Gasteiger partial charge < -0.3 is 5.32 Å². The van der Waals surface area contributed by atoms with Gasteiger partial charge in [-0.15, -0.1) is 0 Å². The number of aromatic nitrogens is 2. The maximum Gasteiger partial charge on any atom is 0.0662 e. The number of hydrogen-bond donors (Lipinski definition) is 1. The molecule has 1 aromatic rings. The van der Waals surface area contributed by atoms with E-state index in [2.05, 4.69) is 42.5 Å². The summed E-state index contributed by atoms with van der Waals surface area (Å²) in [6.07, 6.45) is 8.39. The molecule has 0 bridgehead atoms. The second-order valence-electron chi connectivity index (χ2n) is 4.05. The van der Waals surface area contributed by atoms with Crippen LogP contribution in [0.15, 0.2) is 24.4 Å². The van der Waals surface area contributed by atoms with Crippen LogP contribution < -0.4 is 5.32 Å². The first-order chi connectivity index (χ1) is 7.18. The number of allylic oxidation sites excluding steroid dienone is 1. The molecule has 0 spiro atoms. The van der Waals surface area contributed by atoms with E-state index in [0.29, 0.717) is 6.04 Å². The molecule has 1 heterocycles. The van der Waals surface area contributed by atoms with Gasteiger partial charge in [0.2, 0.25) is 0 Å². The van der Waals surface area contributed by atoms with Crippen molar-refractivity contribution in [3.63, 3.8) is 0 Å². The van der Waals surface area contributed by atoms with Crippen LogP contribution in [0, 0.1) is 0 Å². The van der Waals surface area contributed by atoms with Gasteiger partial charge in [0.05, 0.1) is 5.69 Å². The highest BCUT2D eigenvalue weighted by atomic mass is 15.2. The van der Waals surface area contributed by atoms with Gasteiger partial charge in [-0.3, -0.25) is 4.68 Å². The maximum absolute atomic E-state index is 4.31. The van der Waals surface area contributed by atoms with Crippen LogP contribution in [0.5, 0.6) is 0 Å². The van der Waals surface area contributed by atoms with E-state index in [4.69, 9.17) is 0 Å². The molecule has 0 aliphatic carbocycles. The van der Waals surface area contributed by atoms with E-state index in [9.17, 15) is 0 Å². The monoisotopic (exact) mass is 207 g/mol. The first-order valence-electron chi connectivity index (χ1n) is 5.55. The van der Waals surface area contributed by atoms with Gasteiger partial charge in [-0.25, -0.2) is 0 Å². The van der Waals surface area contributed by atoms with Crippen LogP contribution in [0.4, 0.5) is 0 Å². The second kappa shape index (κ2) is 6.40. The van der Waals surface area contributed by atoms with Crippen LogP contribution >= 0.6 is 0 Å². The van der Waals surface area contributed by atoms with Crippen molar-refractivity contribution < 1.29 is 0 Å². The van der Waals surface area contributed by atoms with E-state index >= 15 is 0 Å². The van der Waals surface area contributed by atoms with Crippen molar-refractivity contribution >= 4 is 0 Å². The summed E-state index contributed by atoms with van der Waals surface area (Å²) >= 11 is 0. The fourth-order valence-electron chi connectivity index (χ4n) is 1.35. The smallest absolute Gasteiger partial charge is 0.0662 e. The van der Waals surface area contributed by atoms with Crippen LogP contribution in [0.1, 0.15) is 26.0 Å².